The number of benzene rings is 2. The zero-order chi connectivity index (χ0) is 21.3. The van der Waals surface area contributed by atoms with Crippen molar-refractivity contribution in [1.82, 2.24) is 20.1 Å². The van der Waals surface area contributed by atoms with E-state index in [1.54, 1.807) is 19.1 Å². The Morgan fingerprint density at radius 1 is 1.07 bits per heavy atom. The fourth-order valence-electron chi connectivity index (χ4n) is 3.69. The van der Waals surface area contributed by atoms with Gasteiger partial charge in [-0.25, -0.2) is 4.39 Å². The second-order valence-electron chi connectivity index (χ2n) is 7.45. The third-order valence-electron chi connectivity index (χ3n) is 5.28. The molecule has 152 valence electrons. The highest BCUT2D eigenvalue weighted by molar-refractivity contribution is 6.06. The number of rotatable bonds is 5. The molecule has 0 saturated carbocycles. The molecular weight excluding hydrogens is 379 g/mol. The van der Waals surface area contributed by atoms with Crippen molar-refractivity contribution in [2.45, 2.75) is 33.9 Å². The number of nitrogens with zero attached hydrogens (tertiary/aromatic N) is 3. The van der Waals surface area contributed by atoms with E-state index in [4.69, 9.17) is 0 Å². The van der Waals surface area contributed by atoms with Gasteiger partial charge in [-0.2, -0.15) is 5.10 Å². The molecule has 2 heterocycles. The van der Waals surface area contributed by atoms with Gasteiger partial charge in [0, 0.05) is 34.9 Å². The molecule has 0 bridgehead atoms. The maximum absolute atomic E-state index is 13.6. The Bertz CT molecular complexity index is 1230. The molecule has 30 heavy (non-hydrogen) atoms. The molecule has 0 unspecified atom stereocenters. The SMILES string of the molecule is Cc1cc(C(=O)NCc2c(C)nn(Cc3ccccc3)c2C)c2ccc(F)cc2n1. The number of hydrogen-bond donors (Lipinski definition) is 1. The van der Waals surface area contributed by atoms with Gasteiger partial charge in [-0.15, -0.1) is 0 Å². The van der Waals surface area contributed by atoms with Crippen molar-refractivity contribution in [2.24, 2.45) is 0 Å². The Morgan fingerprint density at radius 3 is 2.60 bits per heavy atom. The first kappa shape index (κ1) is 19.8. The number of aryl methyl sites for hydroxylation is 2. The molecule has 4 aromatic rings. The molecule has 0 aliphatic heterocycles. The molecule has 5 nitrogen and oxygen atoms in total. The van der Waals surface area contributed by atoms with Gasteiger partial charge in [-0.1, -0.05) is 30.3 Å². The molecule has 0 saturated heterocycles. The average molecular weight is 402 g/mol. The van der Waals surface area contributed by atoms with Gasteiger partial charge in [0.25, 0.3) is 5.91 Å². The van der Waals surface area contributed by atoms with E-state index in [-0.39, 0.29) is 11.7 Å². The van der Waals surface area contributed by atoms with E-state index in [0.29, 0.717) is 35.2 Å². The summed E-state index contributed by atoms with van der Waals surface area (Å²) >= 11 is 0. The predicted molar refractivity (Wildman–Crippen MR) is 115 cm³/mol. The quantitative estimate of drug-likeness (QED) is 0.536. The summed E-state index contributed by atoms with van der Waals surface area (Å²) in [6.07, 6.45) is 0. The summed E-state index contributed by atoms with van der Waals surface area (Å²) in [6.45, 7) is 6.81. The van der Waals surface area contributed by atoms with Gasteiger partial charge in [-0.05, 0) is 44.5 Å². The number of hydrogen-bond acceptors (Lipinski definition) is 3. The monoisotopic (exact) mass is 402 g/mol. The summed E-state index contributed by atoms with van der Waals surface area (Å²) in [7, 11) is 0. The molecule has 2 aromatic heterocycles. The normalized spacial score (nSPS) is 11.1. The first-order chi connectivity index (χ1) is 14.4. The topological polar surface area (TPSA) is 59.8 Å². The van der Waals surface area contributed by atoms with Crippen LogP contribution in [0.3, 0.4) is 0 Å². The molecule has 0 fully saturated rings. The molecule has 0 spiro atoms. The Balaban J connectivity index is 1.56. The first-order valence-electron chi connectivity index (χ1n) is 9.84. The maximum Gasteiger partial charge on any atom is 0.252 e. The van der Waals surface area contributed by atoms with Crippen molar-refractivity contribution in [3.8, 4) is 0 Å². The lowest BCUT2D eigenvalue weighted by molar-refractivity contribution is 0.0952. The van der Waals surface area contributed by atoms with Crippen molar-refractivity contribution in [1.29, 1.82) is 0 Å². The van der Waals surface area contributed by atoms with Crippen LogP contribution >= 0.6 is 0 Å². The van der Waals surface area contributed by atoms with Crippen molar-refractivity contribution in [3.63, 3.8) is 0 Å². The van der Waals surface area contributed by atoms with E-state index in [0.717, 1.165) is 17.0 Å². The minimum Gasteiger partial charge on any atom is -0.348 e. The maximum atomic E-state index is 13.6. The lowest BCUT2D eigenvalue weighted by Crippen LogP contribution is -2.24. The smallest absolute Gasteiger partial charge is 0.252 e. The average Bonchev–Trinajstić information content (AvgIpc) is 2.98. The fraction of sp³-hybridized carbons (Fsp3) is 0.208. The van der Waals surface area contributed by atoms with E-state index in [1.165, 1.54) is 17.7 Å². The third kappa shape index (κ3) is 3.94. The standard InChI is InChI=1S/C24H23FN4O/c1-15-11-21(20-10-9-19(25)12-23(20)27-15)24(30)26-13-22-16(2)28-29(17(22)3)14-18-7-5-4-6-8-18/h4-12H,13-14H2,1-3H3,(H,26,30). The fourth-order valence-corrected chi connectivity index (χ4v) is 3.69. The highest BCUT2D eigenvalue weighted by atomic mass is 19.1. The lowest BCUT2D eigenvalue weighted by atomic mass is 10.1. The molecule has 0 radical (unpaired) electrons. The summed E-state index contributed by atoms with van der Waals surface area (Å²) < 4.78 is 15.5. The number of pyridine rings is 1. The van der Waals surface area contributed by atoms with Gasteiger partial charge in [0.2, 0.25) is 0 Å². The number of carbonyl (C=O) groups is 1. The van der Waals surface area contributed by atoms with Crippen LogP contribution in [0, 0.1) is 26.6 Å². The van der Waals surface area contributed by atoms with Gasteiger partial charge in [0.1, 0.15) is 5.82 Å². The molecule has 0 atom stereocenters. The largest absolute Gasteiger partial charge is 0.348 e. The third-order valence-corrected chi connectivity index (χ3v) is 5.28. The van der Waals surface area contributed by atoms with Gasteiger partial charge in [0.15, 0.2) is 0 Å². The van der Waals surface area contributed by atoms with Crippen molar-refractivity contribution in [3.05, 3.63) is 94.2 Å². The van der Waals surface area contributed by atoms with Gasteiger partial charge in [0.05, 0.1) is 23.3 Å². The minimum absolute atomic E-state index is 0.216. The van der Waals surface area contributed by atoms with Crippen LogP contribution in [0.5, 0.6) is 0 Å². The molecule has 1 amide bonds. The molecule has 1 N–H and O–H groups in total. The molecule has 2 aromatic carbocycles. The summed E-state index contributed by atoms with van der Waals surface area (Å²) in [4.78, 5) is 17.3. The zero-order valence-corrected chi connectivity index (χ0v) is 17.2. The Labute approximate surface area is 174 Å². The van der Waals surface area contributed by atoms with Crippen LogP contribution in [-0.4, -0.2) is 20.7 Å². The number of amides is 1. The highest BCUT2D eigenvalue weighted by Gasteiger charge is 2.16. The molecule has 6 heteroatoms. The van der Waals surface area contributed by atoms with Crippen LogP contribution in [-0.2, 0) is 13.1 Å². The summed E-state index contributed by atoms with van der Waals surface area (Å²) in [5, 5.41) is 8.27. The van der Waals surface area contributed by atoms with Gasteiger partial charge < -0.3 is 5.32 Å². The highest BCUT2D eigenvalue weighted by Crippen LogP contribution is 2.20. The van der Waals surface area contributed by atoms with E-state index >= 15 is 0 Å². The predicted octanol–water partition coefficient (Wildman–Crippen LogP) is 4.47. The van der Waals surface area contributed by atoms with Crippen molar-refractivity contribution in [2.75, 3.05) is 0 Å². The molecule has 0 aliphatic rings. The number of carbonyl (C=O) groups excluding carboxylic acids is 1. The van der Waals surface area contributed by atoms with Gasteiger partial charge in [-0.3, -0.25) is 14.5 Å². The van der Waals surface area contributed by atoms with Crippen molar-refractivity contribution < 1.29 is 9.18 Å². The van der Waals surface area contributed by atoms with E-state index in [1.807, 2.05) is 36.7 Å². The Kier molecular flexibility index (Phi) is 5.31. The lowest BCUT2D eigenvalue weighted by Gasteiger charge is -2.10. The zero-order valence-electron chi connectivity index (χ0n) is 17.2. The van der Waals surface area contributed by atoms with Crippen LogP contribution < -0.4 is 5.32 Å². The van der Waals surface area contributed by atoms with E-state index in [2.05, 4.69) is 27.5 Å². The van der Waals surface area contributed by atoms with Crippen molar-refractivity contribution >= 4 is 16.8 Å². The Hall–Kier alpha value is -3.54. The second-order valence-corrected chi connectivity index (χ2v) is 7.45. The number of fused-ring (bicyclic) bond motifs is 1. The Morgan fingerprint density at radius 2 is 1.83 bits per heavy atom. The van der Waals surface area contributed by atoms with Crippen LogP contribution in [0.25, 0.3) is 10.9 Å². The minimum atomic E-state index is -0.371. The first-order valence-corrected chi connectivity index (χ1v) is 9.84. The number of aromatic nitrogens is 3. The molecule has 0 aliphatic carbocycles. The van der Waals surface area contributed by atoms with Crippen LogP contribution in [0.2, 0.25) is 0 Å². The van der Waals surface area contributed by atoms with Crippen LogP contribution in [0.1, 0.15) is 38.6 Å². The van der Waals surface area contributed by atoms with Crippen LogP contribution in [0.15, 0.2) is 54.6 Å². The van der Waals surface area contributed by atoms with Gasteiger partial charge >= 0.3 is 0 Å². The molecule has 4 rings (SSSR count). The molecular formula is C24H23FN4O. The summed E-state index contributed by atoms with van der Waals surface area (Å²) in [6, 6.07) is 16.2. The summed E-state index contributed by atoms with van der Waals surface area (Å²) in [5.41, 5.74) is 5.72. The van der Waals surface area contributed by atoms with E-state index < -0.39 is 0 Å². The number of nitrogens with one attached hydrogen (secondary N) is 1. The van der Waals surface area contributed by atoms with E-state index in [9.17, 15) is 9.18 Å². The number of halogens is 1. The second kappa shape index (κ2) is 8.06. The summed E-state index contributed by atoms with van der Waals surface area (Å²) in [5.74, 6) is -0.587. The van der Waals surface area contributed by atoms with Crippen LogP contribution in [0.4, 0.5) is 4.39 Å².